The normalized spacial score (nSPS) is 10.7. The van der Waals surface area contributed by atoms with Gasteiger partial charge in [-0.15, -0.1) is 0 Å². The Morgan fingerprint density at radius 2 is 1.88 bits per heavy atom. The van der Waals surface area contributed by atoms with E-state index in [0.717, 1.165) is 11.1 Å². The van der Waals surface area contributed by atoms with Gasteiger partial charge in [0.05, 0.1) is 6.21 Å². The molecule has 0 aliphatic heterocycles. The quantitative estimate of drug-likeness (QED) is 0.547. The van der Waals surface area contributed by atoms with E-state index in [-0.39, 0.29) is 5.91 Å². The summed E-state index contributed by atoms with van der Waals surface area (Å²) < 4.78 is 5.74. The van der Waals surface area contributed by atoms with Gasteiger partial charge in [0.1, 0.15) is 12.4 Å². The molecule has 1 amide bonds. The van der Waals surface area contributed by atoms with Crippen LogP contribution in [0.2, 0.25) is 0 Å². The zero-order valence-corrected chi connectivity index (χ0v) is 14.4. The molecule has 0 saturated heterocycles. The fraction of sp³-hybridized carbons (Fsp3) is 0.0952. The molecule has 3 rings (SSSR count). The SMILES string of the molecule is Cc1ccc(COc2ccc(C(=O)N/N=C\c3cccnc3)cc2)cc1. The van der Waals surface area contributed by atoms with Gasteiger partial charge in [0, 0.05) is 23.5 Å². The van der Waals surface area contributed by atoms with Crippen LogP contribution < -0.4 is 10.2 Å². The fourth-order valence-electron chi connectivity index (χ4n) is 2.24. The van der Waals surface area contributed by atoms with Gasteiger partial charge in [-0.1, -0.05) is 35.9 Å². The smallest absolute Gasteiger partial charge is 0.271 e. The summed E-state index contributed by atoms with van der Waals surface area (Å²) in [5, 5.41) is 3.93. The summed E-state index contributed by atoms with van der Waals surface area (Å²) in [7, 11) is 0. The van der Waals surface area contributed by atoms with Crippen molar-refractivity contribution in [3.63, 3.8) is 0 Å². The second-order valence-corrected chi connectivity index (χ2v) is 5.78. The number of ether oxygens (including phenoxy) is 1. The highest BCUT2D eigenvalue weighted by molar-refractivity contribution is 5.94. The van der Waals surface area contributed by atoms with Gasteiger partial charge in [-0.2, -0.15) is 5.10 Å². The third kappa shape index (κ3) is 5.01. The zero-order valence-electron chi connectivity index (χ0n) is 14.4. The van der Waals surface area contributed by atoms with E-state index < -0.39 is 0 Å². The molecule has 0 unspecified atom stereocenters. The Morgan fingerprint density at radius 3 is 2.58 bits per heavy atom. The Bertz CT molecular complexity index is 873. The maximum Gasteiger partial charge on any atom is 0.271 e. The molecule has 26 heavy (non-hydrogen) atoms. The van der Waals surface area contributed by atoms with E-state index in [2.05, 4.69) is 34.6 Å². The summed E-state index contributed by atoms with van der Waals surface area (Å²) >= 11 is 0. The fourth-order valence-corrected chi connectivity index (χ4v) is 2.24. The molecule has 2 aromatic carbocycles. The highest BCUT2D eigenvalue weighted by Gasteiger charge is 2.04. The summed E-state index contributed by atoms with van der Waals surface area (Å²) in [5.74, 6) is 0.427. The van der Waals surface area contributed by atoms with Crippen molar-refractivity contribution in [2.24, 2.45) is 5.10 Å². The average molecular weight is 345 g/mol. The van der Waals surface area contributed by atoms with Crippen molar-refractivity contribution in [3.8, 4) is 5.75 Å². The molecule has 0 spiro atoms. The van der Waals surface area contributed by atoms with Crippen molar-refractivity contribution in [1.29, 1.82) is 0 Å². The van der Waals surface area contributed by atoms with Crippen LogP contribution in [0.5, 0.6) is 5.75 Å². The predicted octanol–water partition coefficient (Wildman–Crippen LogP) is 3.73. The minimum absolute atomic E-state index is 0.282. The first-order chi connectivity index (χ1) is 12.7. The number of carbonyl (C=O) groups is 1. The number of nitrogens with one attached hydrogen (secondary N) is 1. The van der Waals surface area contributed by atoms with Gasteiger partial charge in [0.2, 0.25) is 0 Å². The van der Waals surface area contributed by atoms with Crippen LogP contribution in [0.3, 0.4) is 0 Å². The van der Waals surface area contributed by atoms with Crippen LogP contribution in [0.15, 0.2) is 78.2 Å². The Balaban J connectivity index is 1.52. The molecule has 0 aliphatic rings. The second-order valence-electron chi connectivity index (χ2n) is 5.78. The van der Waals surface area contributed by atoms with Crippen LogP contribution in [-0.4, -0.2) is 17.1 Å². The summed E-state index contributed by atoms with van der Waals surface area (Å²) in [6.45, 7) is 2.54. The highest BCUT2D eigenvalue weighted by atomic mass is 16.5. The molecule has 0 saturated carbocycles. The zero-order chi connectivity index (χ0) is 18.2. The monoisotopic (exact) mass is 345 g/mol. The Morgan fingerprint density at radius 1 is 1.12 bits per heavy atom. The van der Waals surface area contributed by atoms with Crippen molar-refractivity contribution < 1.29 is 9.53 Å². The molecule has 0 bridgehead atoms. The predicted molar refractivity (Wildman–Crippen MR) is 101 cm³/mol. The van der Waals surface area contributed by atoms with E-state index in [9.17, 15) is 4.79 Å². The van der Waals surface area contributed by atoms with Crippen LogP contribution in [0.25, 0.3) is 0 Å². The van der Waals surface area contributed by atoms with Gasteiger partial charge in [0.15, 0.2) is 0 Å². The van der Waals surface area contributed by atoms with Crippen LogP contribution in [0, 0.1) is 6.92 Å². The van der Waals surface area contributed by atoms with E-state index in [0.29, 0.717) is 17.9 Å². The van der Waals surface area contributed by atoms with Crippen LogP contribution in [-0.2, 0) is 6.61 Å². The number of carbonyl (C=O) groups excluding carboxylic acids is 1. The number of benzene rings is 2. The number of aromatic nitrogens is 1. The van der Waals surface area contributed by atoms with Gasteiger partial charge in [-0.25, -0.2) is 5.43 Å². The lowest BCUT2D eigenvalue weighted by Gasteiger charge is -2.07. The first kappa shape index (κ1) is 17.4. The van der Waals surface area contributed by atoms with E-state index in [1.54, 1.807) is 48.9 Å². The molecule has 0 atom stereocenters. The third-order valence-electron chi connectivity index (χ3n) is 3.71. The summed E-state index contributed by atoms with van der Waals surface area (Å²) in [4.78, 5) is 16.1. The molecular weight excluding hydrogens is 326 g/mol. The highest BCUT2D eigenvalue weighted by Crippen LogP contribution is 2.14. The lowest BCUT2D eigenvalue weighted by Crippen LogP contribution is -2.17. The van der Waals surface area contributed by atoms with Gasteiger partial charge >= 0.3 is 0 Å². The molecule has 1 heterocycles. The van der Waals surface area contributed by atoms with Crippen LogP contribution in [0.4, 0.5) is 0 Å². The van der Waals surface area contributed by atoms with Crippen molar-refractivity contribution in [2.75, 3.05) is 0 Å². The molecule has 0 aliphatic carbocycles. The minimum Gasteiger partial charge on any atom is -0.489 e. The topological polar surface area (TPSA) is 63.6 Å². The second kappa shape index (κ2) is 8.58. The number of hydrogen-bond donors (Lipinski definition) is 1. The molecule has 5 heteroatoms. The lowest BCUT2D eigenvalue weighted by molar-refractivity contribution is 0.0955. The van der Waals surface area contributed by atoms with E-state index in [1.165, 1.54) is 5.56 Å². The summed E-state index contributed by atoms with van der Waals surface area (Å²) in [6.07, 6.45) is 4.89. The molecule has 0 fully saturated rings. The largest absolute Gasteiger partial charge is 0.489 e. The molecular formula is C21H19N3O2. The van der Waals surface area contributed by atoms with Crippen LogP contribution >= 0.6 is 0 Å². The number of amides is 1. The number of aryl methyl sites for hydroxylation is 1. The number of rotatable bonds is 6. The number of hydrogen-bond acceptors (Lipinski definition) is 4. The molecule has 1 N–H and O–H groups in total. The third-order valence-corrected chi connectivity index (χ3v) is 3.71. The van der Waals surface area contributed by atoms with Crippen molar-refractivity contribution >= 4 is 12.1 Å². The number of pyridine rings is 1. The summed E-state index contributed by atoms with van der Waals surface area (Å²) in [5.41, 5.74) is 6.13. The first-order valence-electron chi connectivity index (χ1n) is 8.22. The number of hydrazone groups is 1. The standard InChI is InChI=1S/C21H19N3O2/c1-16-4-6-17(7-5-16)15-26-20-10-8-19(9-11-20)21(25)24-23-14-18-3-2-12-22-13-18/h2-14H,15H2,1H3,(H,24,25)/b23-14-. The van der Waals surface area contributed by atoms with Crippen molar-refractivity contribution in [1.82, 2.24) is 10.4 Å². The van der Waals surface area contributed by atoms with E-state index >= 15 is 0 Å². The molecule has 3 aromatic rings. The van der Waals surface area contributed by atoms with Crippen molar-refractivity contribution in [3.05, 3.63) is 95.3 Å². The Hall–Kier alpha value is -3.47. The molecule has 130 valence electrons. The van der Waals surface area contributed by atoms with Gasteiger partial charge in [-0.05, 0) is 42.8 Å². The molecule has 5 nitrogen and oxygen atoms in total. The van der Waals surface area contributed by atoms with E-state index in [4.69, 9.17) is 4.74 Å². The van der Waals surface area contributed by atoms with Crippen molar-refractivity contribution in [2.45, 2.75) is 13.5 Å². The average Bonchev–Trinajstić information content (AvgIpc) is 2.69. The summed E-state index contributed by atoms with van der Waals surface area (Å²) in [6, 6.07) is 18.8. The Kier molecular flexibility index (Phi) is 5.72. The van der Waals surface area contributed by atoms with E-state index in [1.807, 2.05) is 18.2 Å². The van der Waals surface area contributed by atoms with Gasteiger partial charge in [-0.3, -0.25) is 9.78 Å². The molecule has 0 radical (unpaired) electrons. The van der Waals surface area contributed by atoms with Gasteiger partial charge in [0.25, 0.3) is 5.91 Å². The number of nitrogens with zero attached hydrogens (tertiary/aromatic N) is 2. The lowest BCUT2D eigenvalue weighted by atomic mass is 10.2. The minimum atomic E-state index is -0.282. The first-order valence-corrected chi connectivity index (χ1v) is 8.22. The maximum atomic E-state index is 12.1. The Labute approximate surface area is 152 Å². The molecule has 1 aromatic heterocycles. The maximum absolute atomic E-state index is 12.1. The van der Waals surface area contributed by atoms with Gasteiger partial charge < -0.3 is 4.74 Å². The van der Waals surface area contributed by atoms with Crippen LogP contribution in [0.1, 0.15) is 27.0 Å².